The Balaban J connectivity index is 2.18. The third kappa shape index (κ3) is 2.61. The van der Waals surface area contributed by atoms with Crippen molar-refractivity contribution in [2.24, 2.45) is 5.73 Å². The lowest BCUT2D eigenvalue weighted by molar-refractivity contribution is 0.873. The van der Waals surface area contributed by atoms with Crippen molar-refractivity contribution < 1.29 is 0 Å². The molecule has 0 saturated carbocycles. The van der Waals surface area contributed by atoms with Crippen LogP contribution in [0.5, 0.6) is 0 Å². The Hall–Kier alpha value is -1.64. The van der Waals surface area contributed by atoms with Gasteiger partial charge in [-0.25, -0.2) is 0 Å². The van der Waals surface area contributed by atoms with Gasteiger partial charge in [-0.3, -0.25) is 0 Å². The van der Waals surface area contributed by atoms with E-state index < -0.39 is 0 Å². The van der Waals surface area contributed by atoms with Crippen molar-refractivity contribution in [2.75, 3.05) is 0 Å². The van der Waals surface area contributed by atoms with Crippen molar-refractivity contribution in [1.82, 2.24) is 0 Å². The van der Waals surface area contributed by atoms with E-state index in [9.17, 15) is 0 Å². The van der Waals surface area contributed by atoms with Crippen molar-refractivity contribution in [3.8, 4) is 0 Å². The maximum Gasteiger partial charge on any atom is 0.0568 e. The fraction of sp³-hybridized carbons (Fsp3) is 0.158. The van der Waals surface area contributed by atoms with Gasteiger partial charge in [0.1, 0.15) is 0 Å². The summed E-state index contributed by atoms with van der Waals surface area (Å²) in [6.07, 6.45) is 0. The average molecular weight is 340 g/mol. The third-order valence-corrected chi connectivity index (χ3v) is 4.69. The first kappa shape index (κ1) is 14.3. The predicted octanol–water partition coefficient (Wildman–Crippen LogP) is 5.27. The second-order valence-corrected chi connectivity index (χ2v) is 6.37. The summed E-state index contributed by atoms with van der Waals surface area (Å²) in [7, 11) is 0. The molecule has 0 fully saturated rings. The normalized spacial score (nSPS) is 12.6. The van der Waals surface area contributed by atoms with Crippen LogP contribution in [0, 0.1) is 13.8 Å². The summed E-state index contributed by atoms with van der Waals surface area (Å²) in [4.78, 5) is 0. The lowest BCUT2D eigenvalue weighted by Gasteiger charge is -2.18. The molecule has 0 aliphatic carbocycles. The van der Waals surface area contributed by atoms with Crippen LogP contribution in [-0.4, -0.2) is 0 Å². The molecule has 21 heavy (non-hydrogen) atoms. The predicted molar refractivity (Wildman–Crippen MR) is 93.6 cm³/mol. The molecule has 3 aromatic rings. The van der Waals surface area contributed by atoms with Gasteiger partial charge in [0.15, 0.2) is 0 Å². The van der Waals surface area contributed by atoms with Crippen LogP contribution in [0.15, 0.2) is 59.1 Å². The van der Waals surface area contributed by atoms with E-state index in [1.807, 2.05) is 0 Å². The lowest BCUT2D eigenvalue weighted by Crippen LogP contribution is -2.13. The number of hydrogen-bond acceptors (Lipinski definition) is 1. The van der Waals surface area contributed by atoms with E-state index in [-0.39, 0.29) is 6.04 Å². The van der Waals surface area contributed by atoms with E-state index in [0.717, 1.165) is 10.0 Å². The van der Waals surface area contributed by atoms with Gasteiger partial charge in [-0.2, -0.15) is 0 Å². The van der Waals surface area contributed by atoms with Gasteiger partial charge in [0.05, 0.1) is 6.04 Å². The highest BCUT2D eigenvalue weighted by molar-refractivity contribution is 9.10. The molecule has 3 rings (SSSR count). The molecule has 0 radical (unpaired) electrons. The molecule has 0 bridgehead atoms. The van der Waals surface area contributed by atoms with Gasteiger partial charge in [0.25, 0.3) is 0 Å². The molecule has 0 aliphatic rings. The number of aryl methyl sites for hydroxylation is 2. The molecule has 2 heteroatoms. The number of nitrogens with two attached hydrogens (primary N) is 1. The van der Waals surface area contributed by atoms with Crippen molar-refractivity contribution in [1.29, 1.82) is 0 Å². The van der Waals surface area contributed by atoms with E-state index >= 15 is 0 Å². The quantitative estimate of drug-likeness (QED) is 0.676. The molecular formula is C19H18BrN. The minimum Gasteiger partial charge on any atom is -0.320 e. The van der Waals surface area contributed by atoms with E-state index in [1.165, 1.54) is 27.5 Å². The van der Waals surface area contributed by atoms with Gasteiger partial charge in [-0.15, -0.1) is 0 Å². The number of benzene rings is 3. The molecule has 106 valence electrons. The summed E-state index contributed by atoms with van der Waals surface area (Å²) in [5.41, 5.74) is 11.4. The largest absolute Gasteiger partial charge is 0.320 e. The first-order valence-corrected chi connectivity index (χ1v) is 7.87. The van der Waals surface area contributed by atoms with Crippen LogP contribution in [-0.2, 0) is 0 Å². The SMILES string of the molecule is Cc1ccc(C(N)c2ccc(C)c3ccccc23)c(Br)c1. The zero-order chi connectivity index (χ0) is 15.0. The fourth-order valence-corrected chi connectivity index (χ4v) is 3.54. The van der Waals surface area contributed by atoms with Crippen LogP contribution in [0.4, 0.5) is 0 Å². The molecule has 0 amide bonds. The number of halogens is 1. The second kappa shape index (κ2) is 5.63. The molecular weight excluding hydrogens is 322 g/mol. The van der Waals surface area contributed by atoms with E-state index in [4.69, 9.17) is 5.73 Å². The zero-order valence-corrected chi connectivity index (χ0v) is 13.8. The van der Waals surface area contributed by atoms with Crippen LogP contribution < -0.4 is 5.73 Å². The Bertz CT molecular complexity index is 808. The minimum atomic E-state index is -0.134. The fourth-order valence-electron chi connectivity index (χ4n) is 2.80. The molecule has 0 aromatic heterocycles. The molecule has 1 unspecified atom stereocenters. The van der Waals surface area contributed by atoms with Gasteiger partial charge in [0, 0.05) is 4.47 Å². The van der Waals surface area contributed by atoms with Crippen molar-refractivity contribution in [3.05, 3.63) is 81.3 Å². The Morgan fingerprint density at radius 2 is 1.52 bits per heavy atom. The topological polar surface area (TPSA) is 26.0 Å². The average Bonchev–Trinajstić information content (AvgIpc) is 2.47. The summed E-state index contributed by atoms with van der Waals surface area (Å²) in [6, 6.07) is 19.0. The summed E-state index contributed by atoms with van der Waals surface area (Å²) in [6.45, 7) is 4.22. The van der Waals surface area contributed by atoms with E-state index in [2.05, 4.69) is 84.4 Å². The van der Waals surface area contributed by atoms with Gasteiger partial charge in [-0.05, 0) is 52.9 Å². The van der Waals surface area contributed by atoms with Crippen LogP contribution in [0.3, 0.4) is 0 Å². The lowest BCUT2D eigenvalue weighted by atomic mass is 9.92. The Kier molecular flexibility index (Phi) is 3.83. The van der Waals surface area contributed by atoms with Gasteiger partial charge >= 0.3 is 0 Å². The van der Waals surface area contributed by atoms with E-state index in [1.54, 1.807) is 0 Å². The highest BCUT2D eigenvalue weighted by Crippen LogP contribution is 2.32. The highest BCUT2D eigenvalue weighted by Gasteiger charge is 2.15. The Morgan fingerprint density at radius 3 is 2.24 bits per heavy atom. The van der Waals surface area contributed by atoms with Crippen molar-refractivity contribution in [2.45, 2.75) is 19.9 Å². The van der Waals surface area contributed by atoms with Crippen LogP contribution >= 0.6 is 15.9 Å². The van der Waals surface area contributed by atoms with Crippen molar-refractivity contribution >= 4 is 26.7 Å². The molecule has 0 aliphatic heterocycles. The first-order valence-electron chi connectivity index (χ1n) is 7.08. The number of hydrogen-bond donors (Lipinski definition) is 1. The summed E-state index contributed by atoms with van der Waals surface area (Å²) >= 11 is 3.64. The molecule has 0 saturated heterocycles. The minimum absolute atomic E-state index is 0.134. The Labute approximate surface area is 133 Å². The molecule has 3 aromatic carbocycles. The molecule has 1 atom stereocenters. The van der Waals surface area contributed by atoms with Crippen molar-refractivity contribution in [3.63, 3.8) is 0 Å². The van der Waals surface area contributed by atoms with Gasteiger partial charge in [-0.1, -0.05) is 64.5 Å². The molecule has 0 heterocycles. The van der Waals surface area contributed by atoms with Crippen LogP contribution in [0.2, 0.25) is 0 Å². The first-order chi connectivity index (χ1) is 10.1. The summed E-state index contributed by atoms with van der Waals surface area (Å²) in [5.74, 6) is 0. The molecule has 1 nitrogen and oxygen atoms in total. The second-order valence-electron chi connectivity index (χ2n) is 5.52. The molecule has 2 N–H and O–H groups in total. The van der Waals surface area contributed by atoms with E-state index in [0.29, 0.717) is 0 Å². The maximum atomic E-state index is 6.55. The number of rotatable bonds is 2. The van der Waals surface area contributed by atoms with Crippen LogP contribution in [0.1, 0.15) is 28.3 Å². The smallest absolute Gasteiger partial charge is 0.0568 e. The zero-order valence-electron chi connectivity index (χ0n) is 12.2. The summed E-state index contributed by atoms with van der Waals surface area (Å²) in [5, 5.41) is 2.51. The Morgan fingerprint density at radius 1 is 0.857 bits per heavy atom. The molecule has 0 spiro atoms. The highest BCUT2D eigenvalue weighted by atomic mass is 79.9. The third-order valence-electron chi connectivity index (χ3n) is 4.00. The monoisotopic (exact) mass is 339 g/mol. The van der Waals surface area contributed by atoms with Gasteiger partial charge < -0.3 is 5.73 Å². The number of fused-ring (bicyclic) bond motifs is 1. The van der Waals surface area contributed by atoms with Gasteiger partial charge in [0.2, 0.25) is 0 Å². The maximum absolute atomic E-state index is 6.55. The standard InChI is InChI=1S/C19H18BrN/c1-12-7-9-17(18(20)11-12)19(21)16-10-8-13(2)14-5-3-4-6-15(14)16/h3-11,19H,21H2,1-2H3. The summed E-state index contributed by atoms with van der Waals surface area (Å²) < 4.78 is 1.07. The van der Waals surface area contributed by atoms with Crippen LogP contribution in [0.25, 0.3) is 10.8 Å².